The van der Waals surface area contributed by atoms with Crippen LogP contribution in [-0.4, -0.2) is 37.9 Å². The monoisotopic (exact) mass is 240 g/mol. The summed E-state index contributed by atoms with van der Waals surface area (Å²) >= 11 is 0. The van der Waals surface area contributed by atoms with Gasteiger partial charge < -0.3 is 9.47 Å². The van der Waals surface area contributed by atoms with E-state index in [9.17, 15) is 18.0 Å². The maximum Gasteiger partial charge on any atom is 0.389 e. The van der Waals surface area contributed by atoms with E-state index in [4.69, 9.17) is 9.47 Å². The summed E-state index contributed by atoms with van der Waals surface area (Å²) in [5.41, 5.74) is -1.07. The maximum absolute atomic E-state index is 12.0. The molecule has 0 aromatic carbocycles. The lowest BCUT2D eigenvalue weighted by Crippen LogP contribution is -2.45. The Morgan fingerprint density at radius 3 is 2.38 bits per heavy atom. The zero-order valence-electron chi connectivity index (χ0n) is 9.10. The fourth-order valence-electron chi connectivity index (χ4n) is 1.78. The molecule has 0 aromatic rings. The summed E-state index contributed by atoms with van der Waals surface area (Å²) in [6.07, 6.45) is -5.23. The predicted molar refractivity (Wildman–Crippen MR) is 50.1 cm³/mol. The van der Waals surface area contributed by atoms with Gasteiger partial charge in [-0.1, -0.05) is 0 Å². The highest BCUT2D eigenvalue weighted by molar-refractivity contribution is 5.87. The first-order chi connectivity index (χ1) is 7.40. The van der Waals surface area contributed by atoms with Crippen LogP contribution in [0.15, 0.2) is 0 Å². The van der Waals surface area contributed by atoms with Crippen molar-refractivity contribution in [2.45, 2.75) is 37.5 Å². The molecular formula is C10H15F3O3. The second-order valence-corrected chi connectivity index (χ2v) is 3.85. The van der Waals surface area contributed by atoms with Crippen LogP contribution >= 0.6 is 0 Å². The Bertz CT molecular complexity index is 244. The minimum atomic E-state index is -4.30. The van der Waals surface area contributed by atoms with Crippen LogP contribution in [0.1, 0.15) is 25.7 Å². The van der Waals surface area contributed by atoms with Crippen LogP contribution in [0.2, 0.25) is 0 Å². The molecule has 0 unspecified atom stereocenters. The average Bonchev–Trinajstić information content (AvgIpc) is 2.25. The number of hydrogen-bond acceptors (Lipinski definition) is 3. The van der Waals surface area contributed by atoms with Gasteiger partial charge in [0.25, 0.3) is 0 Å². The van der Waals surface area contributed by atoms with Gasteiger partial charge in [-0.15, -0.1) is 0 Å². The summed E-state index contributed by atoms with van der Waals surface area (Å²) < 4.78 is 46.2. The summed E-state index contributed by atoms with van der Waals surface area (Å²) in [6, 6.07) is 0. The van der Waals surface area contributed by atoms with E-state index in [0.717, 1.165) is 0 Å². The zero-order valence-corrected chi connectivity index (χ0v) is 9.10. The molecule has 3 nitrogen and oxygen atoms in total. The van der Waals surface area contributed by atoms with Gasteiger partial charge in [-0.25, -0.2) is 0 Å². The Hall–Kier alpha value is -0.620. The summed E-state index contributed by atoms with van der Waals surface area (Å²) in [7, 11) is 1.36. The van der Waals surface area contributed by atoms with Crippen molar-refractivity contribution in [2.24, 2.45) is 0 Å². The van der Waals surface area contributed by atoms with Crippen molar-refractivity contribution >= 4 is 5.78 Å². The lowest BCUT2D eigenvalue weighted by molar-refractivity contribution is -0.162. The molecule has 16 heavy (non-hydrogen) atoms. The molecule has 0 saturated carbocycles. The fraction of sp³-hybridized carbons (Fsp3) is 0.900. The van der Waals surface area contributed by atoms with Crippen molar-refractivity contribution in [3.63, 3.8) is 0 Å². The van der Waals surface area contributed by atoms with Gasteiger partial charge in [-0.2, -0.15) is 13.2 Å². The summed E-state index contributed by atoms with van der Waals surface area (Å²) in [5, 5.41) is 0. The Labute approximate surface area is 91.9 Å². The second-order valence-electron chi connectivity index (χ2n) is 3.85. The van der Waals surface area contributed by atoms with E-state index in [2.05, 4.69) is 0 Å². The molecule has 0 aliphatic carbocycles. The van der Waals surface area contributed by atoms with Crippen molar-refractivity contribution in [3.05, 3.63) is 0 Å². The van der Waals surface area contributed by atoms with Crippen LogP contribution in [0.5, 0.6) is 0 Å². The van der Waals surface area contributed by atoms with E-state index >= 15 is 0 Å². The molecule has 94 valence electrons. The average molecular weight is 240 g/mol. The lowest BCUT2D eigenvalue weighted by Gasteiger charge is -2.34. The molecule has 1 saturated heterocycles. The summed E-state index contributed by atoms with van der Waals surface area (Å²) in [5.74, 6) is -0.476. The highest BCUT2D eigenvalue weighted by atomic mass is 19.4. The molecule has 0 aromatic heterocycles. The van der Waals surface area contributed by atoms with Gasteiger partial charge >= 0.3 is 6.18 Å². The van der Waals surface area contributed by atoms with E-state index in [1.807, 2.05) is 0 Å². The van der Waals surface area contributed by atoms with E-state index in [1.54, 1.807) is 0 Å². The molecule has 0 N–H and O–H groups in total. The van der Waals surface area contributed by atoms with E-state index in [-0.39, 0.29) is 0 Å². The molecule has 6 heteroatoms. The lowest BCUT2D eigenvalue weighted by atomic mass is 9.87. The van der Waals surface area contributed by atoms with Gasteiger partial charge in [-0.05, 0) is 0 Å². The zero-order chi connectivity index (χ0) is 12.2. The standard InChI is InChI=1S/C10H15F3O3/c1-15-9(4-6-16-7-5-9)8(14)2-3-10(11,12)13/h2-7H2,1H3. The van der Waals surface area contributed by atoms with Crippen LogP contribution in [0.25, 0.3) is 0 Å². The van der Waals surface area contributed by atoms with Crippen LogP contribution in [0, 0.1) is 0 Å². The number of carbonyl (C=O) groups excluding carboxylic acids is 1. The second kappa shape index (κ2) is 5.14. The first-order valence-corrected chi connectivity index (χ1v) is 5.13. The van der Waals surface area contributed by atoms with Crippen LogP contribution in [0.3, 0.4) is 0 Å². The topological polar surface area (TPSA) is 35.5 Å². The molecular weight excluding hydrogens is 225 g/mol. The number of hydrogen-bond donors (Lipinski definition) is 0. The smallest absolute Gasteiger partial charge is 0.381 e. The van der Waals surface area contributed by atoms with Crippen LogP contribution in [0.4, 0.5) is 13.2 Å². The Morgan fingerprint density at radius 2 is 1.94 bits per heavy atom. The largest absolute Gasteiger partial charge is 0.389 e. The van der Waals surface area contributed by atoms with Crippen molar-refractivity contribution < 1.29 is 27.4 Å². The molecule has 1 fully saturated rings. The van der Waals surface area contributed by atoms with Crippen molar-refractivity contribution in [2.75, 3.05) is 20.3 Å². The van der Waals surface area contributed by atoms with Gasteiger partial charge in [0.05, 0.1) is 6.42 Å². The molecule has 1 rings (SSSR count). The number of halogens is 3. The molecule has 0 amide bonds. The van der Waals surface area contributed by atoms with Crippen molar-refractivity contribution in [3.8, 4) is 0 Å². The van der Waals surface area contributed by atoms with E-state index in [1.165, 1.54) is 7.11 Å². The number of ether oxygens (including phenoxy) is 2. The SMILES string of the molecule is COC1(C(=O)CCC(F)(F)F)CCOCC1. The third kappa shape index (κ3) is 3.45. The van der Waals surface area contributed by atoms with Crippen LogP contribution in [-0.2, 0) is 14.3 Å². The molecule has 1 aliphatic heterocycles. The number of rotatable bonds is 4. The first-order valence-electron chi connectivity index (χ1n) is 5.13. The summed E-state index contributed by atoms with van der Waals surface area (Å²) in [6.45, 7) is 0.706. The normalized spacial score (nSPS) is 20.8. The predicted octanol–water partition coefficient (Wildman–Crippen LogP) is 2.09. The van der Waals surface area contributed by atoms with E-state index < -0.39 is 30.4 Å². The minimum absolute atomic E-state index is 0.334. The molecule has 1 heterocycles. The maximum atomic E-state index is 12.0. The Kier molecular flexibility index (Phi) is 4.32. The Morgan fingerprint density at radius 1 is 1.38 bits per heavy atom. The third-order valence-electron chi connectivity index (χ3n) is 2.83. The number of alkyl halides is 3. The highest BCUT2D eigenvalue weighted by Crippen LogP contribution is 2.30. The summed E-state index contributed by atoms with van der Waals surface area (Å²) in [4.78, 5) is 11.7. The number of ketones is 1. The van der Waals surface area contributed by atoms with Gasteiger partial charge in [0.1, 0.15) is 5.60 Å². The van der Waals surface area contributed by atoms with Gasteiger partial charge in [0.15, 0.2) is 5.78 Å². The number of Topliss-reactive ketones (excluding diaryl/α,β-unsaturated/α-hetero) is 1. The van der Waals surface area contributed by atoms with Gasteiger partial charge in [0, 0.05) is 39.6 Å². The number of methoxy groups -OCH3 is 1. The minimum Gasteiger partial charge on any atom is -0.381 e. The van der Waals surface area contributed by atoms with E-state index in [0.29, 0.717) is 26.1 Å². The molecule has 0 bridgehead atoms. The van der Waals surface area contributed by atoms with Gasteiger partial charge in [-0.3, -0.25) is 4.79 Å². The Balaban J connectivity index is 2.55. The number of carbonyl (C=O) groups is 1. The van der Waals surface area contributed by atoms with Crippen molar-refractivity contribution in [1.29, 1.82) is 0 Å². The fourth-order valence-corrected chi connectivity index (χ4v) is 1.78. The molecule has 1 aliphatic rings. The molecule has 0 radical (unpaired) electrons. The quantitative estimate of drug-likeness (QED) is 0.754. The third-order valence-corrected chi connectivity index (χ3v) is 2.83. The first kappa shape index (κ1) is 13.4. The van der Waals surface area contributed by atoms with Gasteiger partial charge in [0.2, 0.25) is 0 Å². The van der Waals surface area contributed by atoms with Crippen molar-refractivity contribution in [1.82, 2.24) is 0 Å². The highest BCUT2D eigenvalue weighted by Gasteiger charge is 2.41. The van der Waals surface area contributed by atoms with Crippen LogP contribution < -0.4 is 0 Å². The molecule has 0 atom stereocenters. The molecule has 0 spiro atoms.